The topological polar surface area (TPSA) is 88.8 Å². The van der Waals surface area contributed by atoms with E-state index in [0.717, 1.165) is 23.3 Å². The number of para-hydroxylation sites is 2. The number of thiophene rings is 1. The number of nitro groups is 1. The first-order chi connectivity index (χ1) is 14.1. The van der Waals surface area contributed by atoms with Crippen LogP contribution in [0.4, 0.5) is 11.4 Å². The highest BCUT2D eigenvalue weighted by Crippen LogP contribution is 2.24. The summed E-state index contributed by atoms with van der Waals surface area (Å²) in [5, 5.41) is 17.8. The summed E-state index contributed by atoms with van der Waals surface area (Å²) < 4.78 is 0. The smallest absolute Gasteiger partial charge is 0.292 e. The van der Waals surface area contributed by atoms with Crippen molar-refractivity contribution in [3.05, 3.63) is 92.2 Å². The first-order valence-corrected chi connectivity index (χ1v) is 10.4. The molecule has 0 aliphatic rings. The van der Waals surface area contributed by atoms with Crippen LogP contribution in [0.15, 0.2) is 66.0 Å². The predicted molar refractivity (Wildman–Crippen MR) is 115 cm³/mol. The number of amides is 1. The number of carbonyl (C=O) groups is 1. The van der Waals surface area contributed by atoms with Gasteiger partial charge in [0, 0.05) is 11.6 Å². The monoisotopic (exact) mass is 410 g/mol. The maximum absolute atomic E-state index is 12.5. The molecule has 0 aliphatic carbocycles. The lowest BCUT2D eigenvalue weighted by molar-refractivity contribution is -0.675. The molecular weight excluding hydrogens is 386 g/mol. The van der Waals surface area contributed by atoms with Gasteiger partial charge in [0.2, 0.25) is 0 Å². The van der Waals surface area contributed by atoms with Gasteiger partial charge in [0.15, 0.2) is 6.54 Å². The van der Waals surface area contributed by atoms with Crippen molar-refractivity contribution in [2.75, 3.05) is 11.9 Å². The molecule has 29 heavy (non-hydrogen) atoms. The van der Waals surface area contributed by atoms with Crippen LogP contribution in [0, 0.1) is 10.1 Å². The van der Waals surface area contributed by atoms with Gasteiger partial charge in [-0.1, -0.05) is 55.8 Å². The van der Waals surface area contributed by atoms with Gasteiger partial charge in [-0.25, -0.2) is 0 Å². The van der Waals surface area contributed by atoms with Gasteiger partial charge >= 0.3 is 0 Å². The molecule has 1 amide bonds. The van der Waals surface area contributed by atoms with E-state index in [-0.39, 0.29) is 29.9 Å². The van der Waals surface area contributed by atoms with E-state index in [4.69, 9.17) is 0 Å². The molecule has 0 radical (unpaired) electrons. The number of anilines is 1. The summed E-state index contributed by atoms with van der Waals surface area (Å²) in [7, 11) is 0. The number of nitrogens with one attached hydrogen (secondary N) is 1. The molecule has 3 rings (SSSR count). The van der Waals surface area contributed by atoms with E-state index < -0.39 is 4.92 Å². The standard InChI is InChI=1S/C22H23N3O3S/c1-2-6-16-10-12-17(13-11-16)22(20-9-5-14-29-20)23-15-21(26)24-18-7-3-4-8-19(18)25(27)28/h3-5,7-14,22-23H,2,6,15H2,1H3,(H,24,26)/p+1/t22-/m0/s1. The number of hydrogen-bond acceptors (Lipinski definition) is 4. The number of quaternary nitrogens is 1. The van der Waals surface area contributed by atoms with Crippen LogP contribution >= 0.6 is 11.3 Å². The second-order valence-electron chi connectivity index (χ2n) is 6.75. The molecule has 7 heteroatoms. The summed E-state index contributed by atoms with van der Waals surface area (Å²) in [4.78, 5) is 24.3. The van der Waals surface area contributed by atoms with Crippen molar-refractivity contribution in [3.8, 4) is 0 Å². The van der Waals surface area contributed by atoms with E-state index in [0.29, 0.717) is 0 Å². The maximum Gasteiger partial charge on any atom is 0.292 e. The SMILES string of the molecule is CCCc1ccc([C@H]([NH2+]CC(=O)Nc2ccccc2[N+](=O)[O-])c2cccs2)cc1. The first-order valence-electron chi connectivity index (χ1n) is 9.57. The molecule has 150 valence electrons. The zero-order chi connectivity index (χ0) is 20.6. The lowest BCUT2D eigenvalue weighted by Crippen LogP contribution is -2.87. The van der Waals surface area contributed by atoms with Gasteiger partial charge in [0.1, 0.15) is 11.7 Å². The number of benzene rings is 2. The van der Waals surface area contributed by atoms with Crippen LogP contribution < -0.4 is 10.6 Å². The number of nitrogens with zero attached hydrogens (tertiary/aromatic N) is 1. The van der Waals surface area contributed by atoms with Crippen molar-refractivity contribution >= 4 is 28.6 Å². The third kappa shape index (κ3) is 5.49. The summed E-state index contributed by atoms with van der Waals surface area (Å²) in [6.07, 6.45) is 2.15. The summed E-state index contributed by atoms with van der Waals surface area (Å²) >= 11 is 1.65. The Hall–Kier alpha value is -3.03. The van der Waals surface area contributed by atoms with E-state index in [1.807, 2.05) is 16.8 Å². The highest BCUT2D eigenvalue weighted by atomic mass is 32.1. The minimum absolute atomic E-state index is 0.00202. The molecule has 1 atom stereocenters. The minimum atomic E-state index is -0.494. The third-order valence-electron chi connectivity index (χ3n) is 4.64. The molecule has 2 aromatic carbocycles. The fraction of sp³-hybridized carbons (Fsp3) is 0.227. The van der Waals surface area contributed by atoms with Crippen LogP contribution in [-0.4, -0.2) is 17.4 Å². The number of aryl methyl sites for hydroxylation is 1. The lowest BCUT2D eigenvalue weighted by Gasteiger charge is -2.15. The molecule has 1 aromatic heterocycles. The zero-order valence-corrected chi connectivity index (χ0v) is 17.0. The second-order valence-corrected chi connectivity index (χ2v) is 7.73. The molecule has 0 fully saturated rings. The van der Waals surface area contributed by atoms with E-state index in [1.165, 1.54) is 11.6 Å². The van der Waals surface area contributed by atoms with Crippen LogP contribution in [0.2, 0.25) is 0 Å². The van der Waals surface area contributed by atoms with Gasteiger partial charge in [0.05, 0.1) is 9.80 Å². The number of nitrogens with two attached hydrogens (primary N) is 1. The van der Waals surface area contributed by atoms with Crippen LogP contribution in [0.25, 0.3) is 0 Å². The van der Waals surface area contributed by atoms with Gasteiger partial charge < -0.3 is 10.6 Å². The summed E-state index contributed by atoms with van der Waals surface area (Å²) in [5.41, 5.74) is 2.54. The Labute approximate surface area is 173 Å². The second kappa shape index (κ2) is 9.95. The van der Waals surface area contributed by atoms with Crippen molar-refractivity contribution in [1.29, 1.82) is 0 Å². The number of nitro benzene ring substituents is 1. The molecule has 0 bridgehead atoms. The van der Waals surface area contributed by atoms with Crippen molar-refractivity contribution in [2.45, 2.75) is 25.8 Å². The summed E-state index contributed by atoms with van der Waals surface area (Å²) in [6, 6.07) is 18.7. The molecular formula is C22H24N3O3S+. The van der Waals surface area contributed by atoms with Crippen LogP contribution in [0.5, 0.6) is 0 Å². The van der Waals surface area contributed by atoms with Gasteiger partial charge in [-0.15, -0.1) is 11.3 Å². The van der Waals surface area contributed by atoms with Crippen LogP contribution in [0.1, 0.15) is 35.4 Å². The molecule has 0 saturated carbocycles. The Morgan fingerprint density at radius 1 is 1.14 bits per heavy atom. The minimum Gasteiger partial charge on any atom is -0.328 e. The quantitative estimate of drug-likeness (QED) is 0.414. The largest absolute Gasteiger partial charge is 0.328 e. The van der Waals surface area contributed by atoms with E-state index >= 15 is 0 Å². The molecule has 0 spiro atoms. The van der Waals surface area contributed by atoms with E-state index in [2.05, 4.69) is 42.6 Å². The molecule has 0 saturated heterocycles. The molecule has 1 heterocycles. The fourth-order valence-electron chi connectivity index (χ4n) is 3.23. The Balaban J connectivity index is 1.71. The van der Waals surface area contributed by atoms with E-state index in [9.17, 15) is 14.9 Å². The van der Waals surface area contributed by atoms with Crippen molar-refractivity contribution < 1.29 is 15.0 Å². The van der Waals surface area contributed by atoms with Gasteiger partial charge in [0.25, 0.3) is 11.6 Å². The van der Waals surface area contributed by atoms with Crippen LogP contribution in [-0.2, 0) is 11.2 Å². The van der Waals surface area contributed by atoms with Crippen LogP contribution in [0.3, 0.4) is 0 Å². The summed E-state index contributed by atoms with van der Waals surface area (Å²) in [5.74, 6) is -0.275. The average Bonchev–Trinajstić information content (AvgIpc) is 3.24. The van der Waals surface area contributed by atoms with Gasteiger partial charge in [-0.2, -0.15) is 0 Å². The lowest BCUT2D eigenvalue weighted by atomic mass is 10.0. The van der Waals surface area contributed by atoms with Crippen molar-refractivity contribution in [1.82, 2.24) is 0 Å². The van der Waals surface area contributed by atoms with Crippen molar-refractivity contribution in [2.24, 2.45) is 0 Å². The number of hydrogen-bond donors (Lipinski definition) is 2. The predicted octanol–water partition coefficient (Wildman–Crippen LogP) is 3.90. The maximum atomic E-state index is 12.5. The molecule has 6 nitrogen and oxygen atoms in total. The van der Waals surface area contributed by atoms with Crippen molar-refractivity contribution in [3.63, 3.8) is 0 Å². The number of carbonyl (C=O) groups excluding carboxylic acids is 1. The molecule has 3 N–H and O–H groups in total. The average molecular weight is 411 g/mol. The van der Waals surface area contributed by atoms with Gasteiger partial charge in [-0.05, 0) is 29.5 Å². The Morgan fingerprint density at radius 3 is 2.55 bits per heavy atom. The fourth-order valence-corrected chi connectivity index (χ4v) is 4.08. The Kier molecular flexibility index (Phi) is 7.10. The first kappa shape index (κ1) is 20.7. The Bertz CT molecular complexity index is 956. The highest BCUT2D eigenvalue weighted by molar-refractivity contribution is 7.10. The number of rotatable bonds is 9. The van der Waals surface area contributed by atoms with E-state index in [1.54, 1.807) is 29.5 Å². The molecule has 3 aromatic rings. The Morgan fingerprint density at radius 2 is 1.90 bits per heavy atom. The molecule has 0 aliphatic heterocycles. The zero-order valence-electron chi connectivity index (χ0n) is 16.2. The third-order valence-corrected chi connectivity index (χ3v) is 5.60. The normalized spacial score (nSPS) is 11.8. The summed E-state index contributed by atoms with van der Waals surface area (Å²) in [6.45, 7) is 2.32. The van der Waals surface area contributed by atoms with Gasteiger partial charge in [-0.3, -0.25) is 14.9 Å². The molecule has 0 unspecified atom stereocenters. The highest BCUT2D eigenvalue weighted by Gasteiger charge is 2.21.